The lowest BCUT2D eigenvalue weighted by molar-refractivity contribution is 0.106. The Kier molecular flexibility index (Phi) is 10.2. The molecule has 1 aliphatic rings. The van der Waals surface area contributed by atoms with Crippen molar-refractivity contribution in [1.29, 1.82) is 0 Å². The summed E-state index contributed by atoms with van der Waals surface area (Å²) >= 11 is 0. The molecule has 14 nitrogen and oxygen atoms in total. The molecule has 0 radical (unpaired) electrons. The minimum Gasteiger partial charge on any atom is -0.507 e. The average Bonchev–Trinajstić information content (AvgIpc) is 3.08. The van der Waals surface area contributed by atoms with Crippen molar-refractivity contribution in [1.82, 2.24) is 0 Å². The molecule has 0 saturated carbocycles. The highest BCUT2D eigenvalue weighted by atomic mass is 16.7. The monoisotopic (exact) mass is 684 g/mol. The number of phenols is 2. The van der Waals surface area contributed by atoms with Gasteiger partial charge in [0.05, 0.1) is 10.8 Å². The number of carbonyl (C=O) groups excluding carboxylic acids is 4. The number of carbonyl (C=O) groups is 4. The van der Waals surface area contributed by atoms with Crippen LogP contribution in [0.1, 0.15) is 0 Å². The molecule has 50 heavy (non-hydrogen) atoms. The van der Waals surface area contributed by atoms with Crippen LogP contribution in [0.2, 0.25) is 0 Å². The fraction of sp³-hybridized carbons (Fsp3) is 0.111. The maximum absolute atomic E-state index is 12.9. The van der Waals surface area contributed by atoms with Crippen molar-refractivity contribution in [3.63, 3.8) is 0 Å². The van der Waals surface area contributed by atoms with E-state index in [0.717, 1.165) is 0 Å². The van der Waals surface area contributed by atoms with Crippen molar-refractivity contribution in [3.8, 4) is 34.5 Å². The maximum atomic E-state index is 12.9. The highest BCUT2D eigenvalue weighted by molar-refractivity contribution is 6.03. The number of aromatic hydroxyl groups is 2. The minimum atomic E-state index is -1.23. The number of phenolic OH excluding ortho intramolecular Hbond substituents is 2. The second kappa shape index (κ2) is 14.9. The molecule has 0 aromatic heterocycles. The number of benzene rings is 4. The van der Waals surface area contributed by atoms with Gasteiger partial charge in [-0.1, -0.05) is 74.9 Å². The summed E-state index contributed by atoms with van der Waals surface area (Å²) in [6, 6.07) is 8.30. The van der Waals surface area contributed by atoms with Crippen LogP contribution in [0, 0.1) is 20.9 Å². The molecule has 0 spiro atoms. The van der Waals surface area contributed by atoms with Gasteiger partial charge in [-0.25, -0.2) is 19.2 Å². The number of hydrogen-bond acceptors (Lipinski definition) is 14. The predicted molar refractivity (Wildman–Crippen MR) is 175 cm³/mol. The molecule has 0 atom stereocenters. The summed E-state index contributed by atoms with van der Waals surface area (Å²) in [6.45, 7) is 13.1. The summed E-state index contributed by atoms with van der Waals surface area (Å²) in [4.78, 5) is 51.7. The average molecular weight is 685 g/mol. The molecule has 0 saturated heterocycles. The predicted octanol–water partition coefficient (Wildman–Crippen LogP) is 7.10. The van der Waals surface area contributed by atoms with E-state index in [1.54, 1.807) is 0 Å². The fourth-order valence-corrected chi connectivity index (χ4v) is 5.18. The molecular weight excluding hydrogens is 656 g/mol. The second-order valence-electron chi connectivity index (χ2n) is 10.0. The van der Waals surface area contributed by atoms with Crippen LogP contribution in [0.3, 0.4) is 0 Å². The van der Waals surface area contributed by atoms with Gasteiger partial charge in [-0.2, -0.15) is 0 Å². The Hall–Kier alpha value is -6.96. The lowest BCUT2D eigenvalue weighted by Gasteiger charge is -2.22. The Balaban J connectivity index is 2.03. The zero-order valence-electron chi connectivity index (χ0n) is 26.2. The number of hydrogen-bond donors (Lipinski definition) is 2. The summed E-state index contributed by atoms with van der Waals surface area (Å²) in [7, 11) is 0. The first kappa shape index (κ1) is 34.4. The van der Waals surface area contributed by atoms with E-state index in [0.29, 0.717) is 0 Å². The van der Waals surface area contributed by atoms with Crippen LogP contribution in [-0.4, -0.2) is 61.3 Å². The summed E-state index contributed by atoms with van der Waals surface area (Å²) in [5, 5.41) is 21.8. The van der Waals surface area contributed by atoms with Gasteiger partial charge in [-0.05, 0) is 12.1 Å². The van der Waals surface area contributed by atoms with Crippen LogP contribution in [-0.2, 0) is 18.9 Å². The lowest BCUT2D eigenvalue weighted by atomic mass is 9.91. The van der Waals surface area contributed by atoms with E-state index in [2.05, 4.69) is 26.3 Å². The third-order valence-corrected chi connectivity index (χ3v) is 6.95. The lowest BCUT2D eigenvalue weighted by Crippen LogP contribution is -2.17. The summed E-state index contributed by atoms with van der Waals surface area (Å²) in [5.41, 5.74) is 0. The quantitative estimate of drug-likeness (QED) is 0.0587. The van der Waals surface area contributed by atoms with E-state index < -0.39 is 36.1 Å². The third kappa shape index (κ3) is 6.44. The van der Waals surface area contributed by atoms with Crippen LogP contribution in [0.25, 0.3) is 21.5 Å². The van der Waals surface area contributed by atoms with Crippen LogP contribution in [0.4, 0.5) is 19.2 Å². The smallest absolute Gasteiger partial charge is 0.507 e. The second-order valence-corrected chi connectivity index (χ2v) is 10.0. The molecule has 0 bridgehead atoms. The molecule has 0 amide bonds. The Morgan fingerprint density at radius 3 is 1.06 bits per heavy atom. The van der Waals surface area contributed by atoms with E-state index in [1.807, 2.05) is 0 Å². The van der Waals surface area contributed by atoms with Crippen molar-refractivity contribution in [2.45, 2.75) is 0 Å². The number of ether oxygens (including phenoxy) is 8. The molecule has 256 valence electrons. The first-order chi connectivity index (χ1) is 24.2. The Morgan fingerprint density at radius 2 is 0.760 bits per heavy atom. The summed E-state index contributed by atoms with van der Waals surface area (Å²) < 4.78 is 42.9. The van der Waals surface area contributed by atoms with Crippen molar-refractivity contribution >= 4 is 46.2 Å². The van der Waals surface area contributed by atoms with Crippen molar-refractivity contribution in [2.75, 3.05) is 26.4 Å². The largest absolute Gasteiger partial charge is 0.514 e. The Morgan fingerprint density at radius 1 is 0.480 bits per heavy atom. The molecule has 2 N–H and O–H groups in total. The van der Waals surface area contributed by atoms with E-state index in [9.17, 15) is 29.4 Å². The normalized spacial score (nSPS) is 10.7. The minimum absolute atomic E-state index is 0.0266. The molecule has 1 aliphatic carbocycles. The van der Waals surface area contributed by atoms with E-state index in [-0.39, 0.29) is 91.8 Å². The summed E-state index contributed by atoms with van der Waals surface area (Å²) in [5.74, 6) is -2.06. The molecular formula is C36H28O14. The fourth-order valence-electron chi connectivity index (χ4n) is 5.18. The SMILES string of the molecule is C=CCOC(=O)Oc1c2c(c(OC(=O)OCC=C)c3c(O)cccc13)=c1c(OC(=O)OCC=C)c3c(O)cccc3c(OC(=O)OCC=C)c1=2. The highest BCUT2D eigenvalue weighted by Crippen LogP contribution is 2.50. The maximum Gasteiger partial charge on any atom is 0.514 e. The van der Waals surface area contributed by atoms with Gasteiger partial charge in [0.1, 0.15) is 37.9 Å². The molecule has 0 unspecified atom stereocenters. The van der Waals surface area contributed by atoms with Crippen LogP contribution in [0.15, 0.2) is 87.0 Å². The van der Waals surface area contributed by atoms with Crippen molar-refractivity contribution in [3.05, 3.63) is 108 Å². The highest BCUT2D eigenvalue weighted by Gasteiger charge is 2.32. The van der Waals surface area contributed by atoms with Gasteiger partial charge in [0.25, 0.3) is 0 Å². The van der Waals surface area contributed by atoms with E-state index in [4.69, 9.17) is 37.9 Å². The molecule has 4 aromatic carbocycles. The standard InChI is InChI=1S/C36H28O14/c1-5-15-43-33(39)47-29-19-11-9-13-21(37)23(19)31(49-35(41)45-17-7-3)27-25(29)26-28(27)32(50-36(42)46-18-8-4)24-20(12-10-14-22(24)38)30(26)48-34(40)44-16-6-2/h5-14,37-38H,1-4,15-18H2. The van der Waals surface area contributed by atoms with Gasteiger partial charge in [0.2, 0.25) is 0 Å². The number of fused-ring (bicyclic) bond motifs is 4. The zero-order chi connectivity index (χ0) is 35.9. The molecule has 5 rings (SSSR count). The molecule has 0 heterocycles. The third-order valence-electron chi connectivity index (χ3n) is 6.95. The van der Waals surface area contributed by atoms with E-state index in [1.165, 1.54) is 60.7 Å². The van der Waals surface area contributed by atoms with Crippen molar-refractivity contribution < 1.29 is 67.3 Å². The topological polar surface area (TPSA) is 183 Å². The Labute approximate surface area is 282 Å². The van der Waals surface area contributed by atoms with Crippen LogP contribution >= 0.6 is 0 Å². The molecule has 4 aromatic rings. The van der Waals surface area contributed by atoms with Gasteiger partial charge < -0.3 is 48.1 Å². The van der Waals surface area contributed by atoms with Crippen LogP contribution < -0.4 is 18.9 Å². The Bertz CT molecular complexity index is 2150. The van der Waals surface area contributed by atoms with Crippen LogP contribution in [0.5, 0.6) is 34.5 Å². The zero-order valence-corrected chi connectivity index (χ0v) is 26.2. The summed E-state index contributed by atoms with van der Waals surface area (Å²) in [6.07, 6.45) is 0.343. The van der Waals surface area contributed by atoms with Gasteiger partial charge in [-0.15, -0.1) is 0 Å². The van der Waals surface area contributed by atoms with Crippen molar-refractivity contribution in [2.24, 2.45) is 0 Å². The molecule has 0 aliphatic heterocycles. The first-order valence-corrected chi connectivity index (χ1v) is 14.6. The van der Waals surface area contributed by atoms with Gasteiger partial charge >= 0.3 is 24.6 Å². The van der Waals surface area contributed by atoms with Gasteiger partial charge in [0, 0.05) is 31.6 Å². The van der Waals surface area contributed by atoms with E-state index >= 15 is 0 Å². The molecule has 0 fully saturated rings. The van der Waals surface area contributed by atoms with Gasteiger partial charge in [0.15, 0.2) is 23.0 Å². The molecule has 14 heteroatoms. The number of rotatable bonds is 12. The first-order valence-electron chi connectivity index (χ1n) is 14.6. The van der Waals surface area contributed by atoms with Gasteiger partial charge in [-0.3, -0.25) is 0 Å².